The van der Waals surface area contributed by atoms with Crippen molar-refractivity contribution < 1.29 is 4.39 Å². The highest BCUT2D eigenvalue weighted by atomic mass is 32.2. The second kappa shape index (κ2) is 6.22. The summed E-state index contributed by atoms with van der Waals surface area (Å²) in [4.78, 5) is 21.4. The first kappa shape index (κ1) is 15.2. The fourth-order valence-corrected chi connectivity index (χ4v) is 4.07. The van der Waals surface area contributed by atoms with Crippen molar-refractivity contribution in [1.29, 1.82) is 0 Å². The molecule has 6 heteroatoms. The highest BCUT2D eigenvalue weighted by Crippen LogP contribution is 2.36. The molecule has 114 valence electrons. The molecule has 0 radical (unpaired) electrons. The maximum Gasteiger partial charge on any atom is 0.260 e. The summed E-state index contributed by atoms with van der Waals surface area (Å²) in [7, 11) is 0. The zero-order chi connectivity index (χ0) is 15.7. The van der Waals surface area contributed by atoms with Gasteiger partial charge in [0.05, 0.1) is 12.1 Å². The van der Waals surface area contributed by atoms with E-state index in [0.717, 1.165) is 16.0 Å². The van der Waals surface area contributed by atoms with Crippen LogP contribution in [-0.2, 0) is 0 Å². The molecule has 0 bridgehead atoms. The van der Waals surface area contributed by atoms with Crippen molar-refractivity contribution in [2.75, 3.05) is 12.4 Å². The Kier molecular flexibility index (Phi) is 4.31. The van der Waals surface area contributed by atoms with Crippen molar-refractivity contribution >= 4 is 33.3 Å². The van der Waals surface area contributed by atoms with Crippen molar-refractivity contribution in [1.82, 2.24) is 9.97 Å². The summed E-state index contributed by atoms with van der Waals surface area (Å²) in [6.45, 7) is 3.59. The number of benzene rings is 1. The van der Waals surface area contributed by atoms with Crippen LogP contribution in [0.15, 0.2) is 34.2 Å². The molecule has 2 heterocycles. The van der Waals surface area contributed by atoms with Crippen LogP contribution in [0.1, 0.15) is 10.4 Å². The lowest BCUT2D eigenvalue weighted by atomic mass is 10.0. The quantitative estimate of drug-likeness (QED) is 0.570. The highest BCUT2D eigenvalue weighted by molar-refractivity contribution is 7.99. The van der Waals surface area contributed by atoms with Gasteiger partial charge in [-0.3, -0.25) is 9.18 Å². The number of thioether (sulfide) groups is 1. The normalized spacial score (nSPS) is 11.2. The number of thiophene rings is 1. The standard InChI is InChI=1S/C16H15FN2OS2/c1-9-3-5-11(6-4-9)12-10(2)22-15-13(12)14(20)18-16(19-15)21-8-7-17/h3-6H,7-8H2,1-2H3,(H,18,19,20). The minimum Gasteiger partial charge on any atom is -0.301 e. The Morgan fingerprint density at radius 2 is 2.00 bits per heavy atom. The van der Waals surface area contributed by atoms with Gasteiger partial charge >= 0.3 is 0 Å². The molecule has 0 saturated carbocycles. The van der Waals surface area contributed by atoms with E-state index in [1.807, 2.05) is 38.1 Å². The third kappa shape index (κ3) is 2.80. The van der Waals surface area contributed by atoms with Gasteiger partial charge in [-0.1, -0.05) is 41.6 Å². The second-order valence-corrected chi connectivity index (χ2v) is 7.27. The minimum atomic E-state index is -0.440. The molecule has 0 aliphatic carbocycles. The van der Waals surface area contributed by atoms with E-state index in [9.17, 15) is 9.18 Å². The summed E-state index contributed by atoms with van der Waals surface area (Å²) in [5.74, 6) is 0.295. The number of halogens is 1. The van der Waals surface area contributed by atoms with E-state index < -0.39 is 6.67 Å². The first-order valence-corrected chi connectivity index (χ1v) is 8.69. The van der Waals surface area contributed by atoms with Crippen molar-refractivity contribution in [3.8, 4) is 11.1 Å². The monoisotopic (exact) mass is 334 g/mol. The Balaban J connectivity index is 2.17. The summed E-state index contributed by atoms with van der Waals surface area (Å²) in [6.07, 6.45) is 0. The van der Waals surface area contributed by atoms with Crippen LogP contribution in [0, 0.1) is 13.8 Å². The van der Waals surface area contributed by atoms with Crippen molar-refractivity contribution in [3.63, 3.8) is 0 Å². The number of H-pyrrole nitrogens is 1. The number of rotatable bonds is 4. The Morgan fingerprint density at radius 3 is 2.68 bits per heavy atom. The molecule has 0 saturated heterocycles. The lowest BCUT2D eigenvalue weighted by Crippen LogP contribution is -2.09. The summed E-state index contributed by atoms with van der Waals surface area (Å²) >= 11 is 2.73. The molecule has 0 amide bonds. The SMILES string of the molecule is Cc1ccc(-c2c(C)sc3nc(SCCF)[nH]c(=O)c23)cc1. The predicted octanol–water partition coefficient (Wildman–Crippen LogP) is 4.33. The molecule has 22 heavy (non-hydrogen) atoms. The molecule has 0 aliphatic rings. The number of aromatic amines is 1. The van der Waals surface area contributed by atoms with E-state index in [1.54, 1.807) is 0 Å². The molecule has 0 fully saturated rings. The van der Waals surface area contributed by atoms with Gasteiger partial charge < -0.3 is 4.98 Å². The van der Waals surface area contributed by atoms with Crippen LogP contribution in [0.4, 0.5) is 4.39 Å². The van der Waals surface area contributed by atoms with Gasteiger partial charge in [-0.05, 0) is 19.4 Å². The molecule has 1 N–H and O–H groups in total. The highest BCUT2D eigenvalue weighted by Gasteiger charge is 2.16. The third-order valence-electron chi connectivity index (χ3n) is 3.37. The van der Waals surface area contributed by atoms with Crippen molar-refractivity contribution in [2.45, 2.75) is 19.0 Å². The molecule has 1 aromatic carbocycles. The van der Waals surface area contributed by atoms with Crippen LogP contribution in [0.25, 0.3) is 21.3 Å². The Labute approximate surface area is 135 Å². The van der Waals surface area contributed by atoms with Gasteiger partial charge in [0, 0.05) is 16.2 Å². The summed E-state index contributed by atoms with van der Waals surface area (Å²) < 4.78 is 12.3. The second-order valence-electron chi connectivity index (χ2n) is 4.99. The minimum absolute atomic E-state index is 0.161. The first-order valence-electron chi connectivity index (χ1n) is 6.89. The Bertz CT molecular complexity index is 868. The van der Waals surface area contributed by atoms with Crippen LogP contribution in [0.3, 0.4) is 0 Å². The van der Waals surface area contributed by atoms with E-state index in [1.165, 1.54) is 28.7 Å². The average Bonchev–Trinajstić information content (AvgIpc) is 2.82. The molecule has 2 aromatic heterocycles. The van der Waals surface area contributed by atoms with Gasteiger partial charge in [0.1, 0.15) is 4.83 Å². The van der Waals surface area contributed by atoms with Gasteiger partial charge in [0.15, 0.2) is 5.16 Å². The lowest BCUT2D eigenvalue weighted by molar-refractivity contribution is 0.532. The van der Waals surface area contributed by atoms with Crippen LogP contribution in [0.2, 0.25) is 0 Å². The van der Waals surface area contributed by atoms with Gasteiger partial charge in [0.25, 0.3) is 5.56 Å². The fraction of sp³-hybridized carbons (Fsp3) is 0.250. The number of fused-ring (bicyclic) bond motifs is 1. The molecule has 0 aliphatic heterocycles. The molecule has 3 nitrogen and oxygen atoms in total. The molecule has 3 aromatic rings. The van der Waals surface area contributed by atoms with E-state index in [4.69, 9.17) is 0 Å². The predicted molar refractivity (Wildman–Crippen MR) is 91.8 cm³/mol. The largest absolute Gasteiger partial charge is 0.301 e. The van der Waals surface area contributed by atoms with Crippen LogP contribution in [-0.4, -0.2) is 22.4 Å². The summed E-state index contributed by atoms with van der Waals surface area (Å²) in [5.41, 5.74) is 2.98. The van der Waals surface area contributed by atoms with Gasteiger partial charge in [-0.15, -0.1) is 11.3 Å². The number of alkyl halides is 1. The number of hydrogen-bond donors (Lipinski definition) is 1. The summed E-state index contributed by atoms with van der Waals surface area (Å²) in [5, 5.41) is 1.10. The van der Waals surface area contributed by atoms with Gasteiger partial charge in [-0.25, -0.2) is 4.98 Å². The number of aromatic nitrogens is 2. The zero-order valence-electron chi connectivity index (χ0n) is 12.3. The van der Waals surface area contributed by atoms with E-state index >= 15 is 0 Å². The molecule has 3 rings (SSSR count). The van der Waals surface area contributed by atoms with Gasteiger partial charge in [0.2, 0.25) is 0 Å². The van der Waals surface area contributed by atoms with Crippen LogP contribution < -0.4 is 5.56 Å². The molecule has 0 unspecified atom stereocenters. The number of aryl methyl sites for hydroxylation is 2. The van der Waals surface area contributed by atoms with E-state index in [-0.39, 0.29) is 5.56 Å². The average molecular weight is 334 g/mol. The number of hydrogen-bond acceptors (Lipinski definition) is 4. The maximum absolute atomic E-state index is 12.4. The molecular formula is C16H15FN2OS2. The topological polar surface area (TPSA) is 45.8 Å². The Hall–Kier alpha value is -1.66. The molecule has 0 spiro atoms. The lowest BCUT2D eigenvalue weighted by Gasteiger charge is -2.03. The van der Waals surface area contributed by atoms with E-state index in [0.29, 0.717) is 21.1 Å². The zero-order valence-corrected chi connectivity index (χ0v) is 13.9. The smallest absolute Gasteiger partial charge is 0.260 e. The molecular weight excluding hydrogens is 319 g/mol. The van der Waals surface area contributed by atoms with Crippen molar-refractivity contribution in [2.24, 2.45) is 0 Å². The maximum atomic E-state index is 12.4. The third-order valence-corrected chi connectivity index (χ3v) is 5.20. The first-order chi connectivity index (χ1) is 10.6. The van der Waals surface area contributed by atoms with Gasteiger partial charge in [-0.2, -0.15) is 0 Å². The molecule has 0 atom stereocenters. The van der Waals surface area contributed by atoms with E-state index in [2.05, 4.69) is 9.97 Å². The van der Waals surface area contributed by atoms with Crippen molar-refractivity contribution in [3.05, 3.63) is 45.1 Å². The summed E-state index contributed by atoms with van der Waals surface area (Å²) in [6, 6.07) is 8.11. The number of nitrogens with zero attached hydrogens (tertiary/aromatic N) is 1. The van der Waals surface area contributed by atoms with Crippen LogP contribution >= 0.6 is 23.1 Å². The Morgan fingerprint density at radius 1 is 1.27 bits per heavy atom. The van der Waals surface area contributed by atoms with Crippen LogP contribution in [0.5, 0.6) is 0 Å². The fourth-order valence-electron chi connectivity index (χ4n) is 2.37. The number of nitrogens with one attached hydrogen (secondary N) is 1.